The Morgan fingerprint density at radius 3 is 2.59 bits per heavy atom. The van der Waals surface area contributed by atoms with Crippen molar-refractivity contribution < 1.29 is 0 Å². The highest BCUT2D eigenvalue weighted by atomic mass is 15.2. The maximum Gasteiger partial charge on any atom is 0.0251 e. The van der Waals surface area contributed by atoms with E-state index in [1.807, 2.05) is 0 Å². The van der Waals surface area contributed by atoms with E-state index in [0.29, 0.717) is 11.5 Å². The molecule has 2 unspecified atom stereocenters. The molecule has 0 amide bonds. The number of hydrogen-bond donors (Lipinski definition) is 1. The van der Waals surface area contributed by atoms with Crippen molar-refractivity contribution in [2.45, 2.75) is 71.9 Å². The Morgan fingerprint density at radius 1 is 1.29 bits per heavy atom. The first-order valence-electron chi connectivity index (χ1n) is 7.44. The summed E-state index contributed by atoms with van der Waals surface area (Å²) in [5.74, 6) is 0. The zero-order chi connectivity index (χ0) is 12.9. The molecule has 0 aromatic rings. The van der Waals surface area contributed by atoms with Gasteiger partial charge in [-0.1, -0.05) is 34.1 Å². The van der Waals surface area contributed by atoms with E-state index in [1.54, 1.807) is 0 Å². The lowest BCUT2D eigenvalue weighted by molar-refractivity contribution is 0.0817. The fourth-order valence-corrected chi connectivity index (χ4v) is 3.09. The summed E-state index contributed by atoms with van der Waals surface area (Å²) in [6.07, 6.45) is 6.66. The molecular weight excluding hydrogens is 208 g/mol. The summed E-state index contributed by atoms with van der Waals surface area (Å²) >= 11 is 0. The van der Waals surface area contributed by atoms with Crippen molar-refractivity contribution >= 4 is 0 Å². The fourth-order valence-electron chi connectivity index (χ4n) is 3.09. The molecule has 17 heavy (non-hydrogen) atoms. The number of nitrogens with zero attached hydrogens (tertiary/aromatic N) is 1. The summed E-state index contributed by atoms with van der Waals surface area (Å²) in [5, 5.41) is 3.69. The van der Waals surface area contributed by atoms with Crippen LogP contribution in [0.1, 0.15) is 59.8 Å². The summed E-state index contributed by atoms with van der Waals surface area (Å²) < 4.78 is 0. The van der Waals surface area contributed by atoms with Crippen LogP contribution < -0.4 is 5.32 Å². The van der Waals surface area contributed by atoms with E-state index < -0.39 is 0 Å². The molecule has 1 aliphatic rings. The Bertz CT molecular complexity index is 213. The average Bonchev–Trinajstić information content (AvgIpc) is 2.28. The standard InChI is InChI=1S/C15H32N2/c1-6-8-11-17(5)14-12-15(3,4)10-9-13(14)16-7-2/h13-14,16H,6-12H2,1-5H3. The highest BCUT2D eigenvalue weighted by Crippen LogP contribution is 2.37. The minimum atomic E-state index is 0.525. The monoisotopic (exact) mass is 240 g/mol. The van der Waals surface area contributed by atoms with E-state index in [2.05, 4.69) is 45.0 Å². The van der Waals surface area contributed by atoms with Gasteiger partial charge in [-0.15, -0.1) is 0 Å². The highest BCUT2D eigenvalue weighted by Gasteiger charge is 2.36. The van der Waals surface area contributed by atoms with Gasteiger partial charge in [-0.2, -0.15) is 0 Å². The molecule has 1 fully saturated rings. The van der Waals surface area contributed by atoms with Crippen LogP contribution in [0.5, 0.6) is 0 Å². The lowest BCUT2D eigenvalue weighted by Gasteiger charge is -2.45. The van der Waals surface area contributed by atoms with Crippen LogP contribution in [-0.4, -0.2) is 37.1 Å². The van der Waals surface area contributed by atoms with Gasteiger partial charge in [0.25, 0.3) is 0 Å². The van der Waals surface area contributed by atoms with Crippen LogP contribution in [0.2, 0.25) is 0 Å². The van der Waals surface area contributed by atoms with Crippen LogP contribution in [0.25, 0.3) is 0 Å². The van der Waals surface area contributed by atoms with Gasteiger partial charge in [0.2, 0.25) is 0 Å². The summed E-state index contributed by atoms with van der Waals surface area (Å²) in [4.78, 5) is 2.59. The third-order valence-corrected chi connectivity index (χ3v) is 4.26. The minimum Gasteiger partial charge on any atom is -0.313 e. The van der Waals surface area contributed by atoms with Crippen LogP contribution in [0, 0.1) is 5.41 Å². The summed E-state index contributed by atoms with van der Waals surface area (Å²) in [6, 6.07) is 1.43. The van der Waals surface area contributed by atoms with Crippen molar-refractivity contribution in [3.63, 3.8) is 0 Å². The Morgan fingerprint density at radius 2 is 2.00 bits per heavy atom. The first kappa shape index (κ1) is 15.0. The van der Waals surface area contributed by atoms with Crippen molar-refractivity contribution in [1.29, 1.82) is 0 Å². The molecule has 1 saturated carbocycles. The van der Waals surface area contributed by atoms with Gasteiger partial charge in [-0.05, 0) is 51.2 Å². The maximum atomic E-state index is 3.69. The third kappa shape index (κ3) is 4.59. The van der Waals surface area contributed by atoms with Gasteiger partial charge < -0.3 is 10.2 Å². The van der Waals surface area contributed by atoms with E-state index in [0.717, 1.165) is 12.6 Å². The molecule has 0 heterocycles. The first-order valence-corrected chi connectivity index (χ1v) is 7.44. The molecule has 1 rings (SSSR count). The number of hydrogen-bond acceptors (Lipinski definition) is 2. The molecule has 1 N–H and O–H groups in total. The molecule has 0 radical (unpaired) electrons. The molecule has 2 atom stereocenters. The molecule has 2 nitrogen and oxygen atoms in total. The lowest BCUT2D eigenvalue weighted by Crippen LogP contribution is -2.53. The van der Waals surface area contributed by atoms with Crippen molar-refractivity contribution in [1.82, 2.24) is 10.2 Å². The van der Waals surface area contributed by atoms with Crippen molar-refractivity contribution in [2.75, 3.05) is 20.1 Å². The number of nitrogens with one attached hydrogen (secondary N) is 1. The van der Waals surface area contributed by atoms with Crippen LogP contribution in [0.3, 0.4) is 0 Å². The van der Waals surface area contributed by atoms with Crippen molar-refractivity contribution in [2.24, 2.45) is 5.41 Å². The third-order valence-electron chi connectivity index (χ3n) is 4.26. The molecule has 102 valence electrons. The van der Waals surface area contributed by atoms with E-state index in [4.69, 9.17) is 0 Å². The number of rotatable bonds is 6. The van der Waals surface area contributed by atoms with Gasteiger partial charge in [0, 0.05) is 12.1 Å². The largest absolute Gasteiger partial charge is 0.313 e. The molecule has 0 spiro atoms. The molecule has 2 heteroatoms. The summed E-state index contributed by atoms with van der Waals surface area (Å²) in [7, 11) is 2.31. The van der Waals surface area contributed by atoms with Crippen LogP contribution >= 0.6 is 0 Å². The fraction of sp³-hybridized carbons (Fsp3) is 1.00. The Hall–Kier alpha value is -0.0800. The smallest absolute Gasteiger partial charge is 0.0251 e. The van der Waals surface area contributed by atoms with Crippen LogP contribution in [-0.2, 0) is 0 Å². The Kier molecular flexibility index (Phi) is 5.94. The van der Waals surface area contributed by atoms with Gasteiger partial charge in [-0.25, -0.2) is 0 Å². The highest BCUT2D eigenvalue weighted by molar-refractivity contribution is 4.93. The van der Waals surface area contributed by atoms with Gasteiger partial charge in [0.1, 0.15) is 0 Å². The quantitative estimate of drug-likeness (QED) is 0.766. The molecule has 0 aromatic heterocycles. The van der Waals surface area contributed by atoms with Crippen molar-refractivity contribution in [3.05, 3.63) is 0 Å². The van der Waals surface area contributed by atoms with Crippen molar-refractivity contribution in [3.8, 4) is 0 Å². The Balaban J connectivity index is 2.59. The van der Waals surface area contributed by atoms with E-state index in [-0.39, 0.29) is 0 Å². The zero-order valence-electron chi connectivity index (χ0n) is 12.6. The van der Waals surface area contributed by atoms with Crippen LogP contribution in [0.4, 0.5) is 0 Å². The van der Waals surface area contributed by atoms with E-state index >= 15 is 0 Å². The van der Waals surface area contributed by atoms with Crippen LogP contribution in [0.15, 0.2) is 0 Å². The molecule has 0 aliphatic heterocycles. The molecular formula is C15H32N2. The lowest BCUT2D eigenvalue weighted by atomic mass is 9.72. The average molecular weight is 240 g/mol. The first-order chi connectivity index (χ1) is 8.00. The second-order valence-corrected chi connectivity index (χ2v) is 6.47. The minimum absolute atomic E-state index is 0.525. The predicted octanol–water partition coefficient (Wildman–Crippen LogP) is 3.28. The van der Waals surface area contributed by atoms with Gasteiger partial charge in [-0.3, -0.25) is 0 Å². The van der Waals surface area contributed by atoms with E-state index in [1.165, 1.54) is 38.6 Å². The topological polar surface area (TPSA) is 15.3 Å². The maximum absolute atomic E-state index is 3.69. The normalized spacial score (nSPS) is 28.6. The zero-order valence-corrected chi connectivity index (χ0v) is 12.6. The summed E-state index contributed by atoms with van der Waals surface area (Å²) in [6.45, 7) is 11.7. The molecule has 1 aliphatic carbocycles. The van der Waals surface area contributed by atoms with Gasteiger partial charge >= 0.3 is 0 Å². The molecule has 0 bridgehead atoms. The van der Waals surface area contributed by atoms with E-state index in [9.17, 15) is 0 Å². The number of likely N-dealkylation sites (N-methyl/N-ethyl adjacent to an activating group) is 2. The second kappa shape index (κ2) is 6.75. The molecule has 0 saturated heterocycles. The summed E-state index contributed by atoms with van der Waals surface area (Å²) in [5.41, 5.74) is 0.525. The second-order valence-electron chi connectivity index (χ2n) is 6.47. The predicted molar refractivity (Wildman–Crippen MR) is 76.4 cm³/mol. The van der Waals surface area contributed by atoms with Gasteiger partial charge in [0.05, 0.1) is 0 Å². The number of unbranched alkanes of at least 4 members (excludes halogenated alkanes) is 1. The molecule has 0 aromatic carbocycles. The SMILES string of the molecule is CCCCN(C)C1CC(C)(C)CCC1NCC. The van der Waals surface area contributed by atoms with Gasteiger partial charge in [0.15, 0.2) is 0 Å². The Labute approximate surface area is 108 Å².